The Balaban J connectivity index is 1.48. The third-order valence-electron chi connectivity index (χ3n) is 5.50. The molecule has 2 aliphatic rings. The second-order valence-corrected chi connectivity index (χ2v) is 10.8. The molecule has 2 fully saturated rings. The van der Waals surface area contributed by atoms with Crippen LogP contribution in [0.5, 0.6) is 0 Å². The van der Waals surface area contributed by atoms with Gasteiger partial charge in [0.25, 0.3) is 0 Å². The maximum atomic E-state index is 12.8. The standard InChI is InChI=1S/C18H24N4O3S2/c1-11-8-15(12(2)22(11)14-6-7-27(24,25)10-14)16(23)9-26-18-20-19-17(21(18)3)13-4-5-13/h8,13-14H,4-7,9-10H2,1-3H3/t14-/m1/s1. The summed E-state index contributed by atoms with van der Waals surface area (Å²) in [4.78, 5) is 12.8. The molecule has 0 bridgehead atoms. The summed E-state index contributed by atoms with van der Waals surface area (Å²) in [5.74, 6) is 2.25. The van der Waals surface area contributed by atoms with Crippen molar-refractivity contribution in [2.75, 3.05) is 17.3 Å². The summed E-state index contributed by atoms with van der Waals surface area (Å²) < 4.78 is 27.7. The second-order valence-electron chi connectivity index (χ2n) is 7.60. The van der Waals surface area contributed by atoms with E-state index < -0.39 is 9.84 Å². The molecule has 0 unspecified atom stereocenters. The van der Waals surface area contributed by atoms with E-state index in [4.69, 9.17) is 0 Å². The molecule has 0 aromatic carbocycles. The maximum absolute atomic E-state index is 12.8. The van der Waals surface area contributed by atoms with Gasteiger partial charge in [-0.25, -0.2) is 8.42 Å². The molecule has 1 atom stereocenters. The van der Waals surface area contributed by atoms with Crippen molar-refractivity contribution in [1.29, 1.82) is 0 Å². The minimum atomic E-state index is -2.97. The number of aromatic nitrogens is 4. The molecule has 2 aromatic rings. The summed E-state index contributed by atoms with van der Waals surface area (Å²) in [5.41, 5.74) is 2.48. The van der Waals surface area contributed by atoms with Crippen molar-refractivity contribution in [3.8, 4) is 0 Å². The molecule has 9 heteroatoms. The van der Waals surface area contributed by atoms with Crippen molar-refractivity contribution in [2.45, 2.75) is 50.2 Å². The van der Waals surface area contributed by atoms with Crippen LogP contribution in [0.25, 0.3) is 0 Å². The number of carbonyl (C=O) groups excluding carboxylic acids is 1. The molecule has 1 saturated carbocycles. The van der Waals surface area contributed by atoms with Crippen molar-refractivity contribution >= 4 is 27.4 Å². The average molecular weight is 409 g/mol. The van der Waals surface area contributed by atoms with E-state index in [2.05, 4.69) is 10.2 Å². The number of carbonyl (C=O) groups is 1. The minimum absolute atomic E-state index is 0.0381. The lowest BCUT2D eigenvalue weighted by molar-refractivity contribution is 0.102. The Labute approximate surface area is 163 Å². The van der Waals surface area contributed by atoms with Crippen molar-refractivity contribution in [2.24, 2.45) is 7.05 Å². The zero-order valence-corrected chi connectivity index (χ0v) is 17.4. The highest BCUT2D eigenvalue weighted by Crippen LogP contribution is 2.39. The highest BCUT2D eigenvalue weighted by atomic mass is 32.2. The van der Waals surface area contributed by atoms with E-state index in [1.165, 1.54) is 24.6 Å². The number of thioether (sulfide) groups is 1. The molecule has 7 nitrogen and oxygen atoms in total. The van der Waals surface area contributed by atoms with Crippen LogP contribution in [0.1, 0.15) is 58.8 Å². The van der Waals surface area contributed by atoms with Gasteiger partial charge in [-0.05, 0) is 39.2 Å². The molecular weight excluding hydrogens is 384 g/mol. The van der Waals surface area contributed by atoms with Crippen molar-refractivity contribution in [3.63, 3.8) is 0 Å². The summed E-state index contributed by atoms with van der Waals surface area (Å²) >= 11 is 1.41. The zero-order chi connectivity index (χ0) is 19.3. The first-order valence-corrected chi connectivity index (χ1v) is 12.0. The first-order valence-electron chi connectivity index (χ1n) is 9.21. The van der Waals surface area contributed by atoms with Crippen LogP contribution >= 0.6 is 11.8 Å². The van der Waals surface area contributed by atoms with Gasteiger partial charge in [0.2, 0.25) is 0 Å². The predicted octanol–water partition coefficient (Wildman–Crippen LogP) is 2.45. The monoisotopic (exact) mass is 408 g/mol. The fourth-order valence-electron chi connectivity index (χ4n) is 3.96. The molecule has 0 amide bonds. The van der Waals surface area contributed by atoms with E-state index in [1.807, 2.05) is 36.1 Å². The predicted molar refractivity (Wildman–Crippen MR) is 104 cm³/mol. The normalized spacial score (nSPS) is 21.7. The fourth-order valence-corrected chi connectivity index (χ4v) is 6.46. The molecule has 2 aromatic heterocycles. The van der Waals surface area contributed by atoms with Crippen LogP contribution in [0, 0.1) is 13.8 Å². The second kappa shape index (κ2) is 6.77. The lowest BCUT2D eigenvalue weighted by Crippen LogP contribution is -2.14. The van der Waals surface area contributed by atoms with E-state index in [-0.39, 0.29) is 23.3 Å². The first kappa shape index (κ1) is 18.7. The van der Waals surface area contributed by atoms with Crippen LogP contribution in [0.4, 0.5) is 0 Å². The van der Waals surface area contributed by atoms with Gasteiger partial charge in [-0.15, -0.1) is 10.2 Å². The summed E-state index contributed by atoms with van der Waals surface area (Å²) in [6.45, 7) is 3.84. The highest BCUT2D eigenvalue weighted by molar-refractivity contribution is 7.99. The van der Waals surface area contributed by atoms with Crippen molar-refractivity contribution in [3.05, 3.63) is 28.8 Å². The van der Waals surface area contributed by atoms with E-state index in [9.17, 15) is 13.2 Å². The Hall–Kier alpha value is -1.61. The van der Waals surface area contributed by atoms with Gasteiger partial charge in [-0.1, -0.05) is 11.8 Å². The van der Waals surface area contributed by atoms with Gasteiger partial charge >= 0.3 is 0 Å². The van der Waals surface area contributed by atoms with Gasteiger partial charge < -0.3 is 9.13 Å². The number of ketones is 1. The van der Waals surface area contributed by atoms with E-state index in [1.54, 1.807) is 0 Å². The van der Waals surface area contributed by atoms with E-state index >= 15 is 0 Å². The van der Waals surface area contributed by atoms with Gasteiger partial charge in [0.1, 0.15) is 5.82 Å². The summed E-state index contributed by atoms with van der Waals surface area (Å²) in [6.07, 6.45) is 2.95. The third-order valence-corrected chi connectivity index (χ3v) is 8.27. The van der Waals surface area contributed by atoms with Crippen molar-refractivity contribution < 1.29 is 13.2 Å². The number of Topliss-reactive ketones (excluding diaryl/α,β-unsaturated/α-hetero) is 1. The Bertz CT molecular complexity index is 1000. The van der Waals surface area contributed by atoms with Crippen LogP contribution in [0.2, 0.25) is 0 Å². The molecule has 146 valence electrons. The topological polar surface area (TPSA) is 86.8 Å². The Morgan fingerprint density at radius 3 is 2.63 bits per heavy atom. The number of sulfone groups is 1. The number of rotatable bonds is 6. The Morgan fingerprint density at radius 2 is 2.00 bits per heavy atom. The molecular formula is C18H24N4O3S2. The molecule has 0 N–H and O–H groups in total. The van der Waals surface area contributed by atoms with Crippen LogP contribution in [0.3, 0.4) is 0 Å². The number of hydrogen-bond acceptors (Lipinski definition) is 6. The maximum Gasteiger partial charge on any atom is 0.191 e. The van der Waals surface area contributed by atoms with Gasteiger partial charge in [0.15, 0.2) is 20.8 Å². The lowest BCUT2D eigenvalue weighted by Gasteiger charge is -2.16. The first-order chi connectivity index (χ1) is 12.8. The van der Waals surface area contributed by atoms with Crippen LogP contribution < -0.4 is 0 Å². The minimum Gasteiger partial charge on any atom is -0.344 e. The average Bonchev–Trinajstić information content (AvgIpc) is 3.20. The Kier molecular flexibility index (Phi) is 4.70. The molecule has 4 rings (SSSR count). The number of aryl methyl sites for hydroxylation is 1. The number of nitrogens with zero attached hydrogens (tertiary/aromatic N) is 4. The van der Waals surface area contributed by atoms with Crippen LogP contribution in [0.15, 0.2) is 11.2 Å². The molecule has 0 radical (unpaired) electrons. The third kappa shape index (κ3) is 3.59. The van der Waals surface area contributed by atoms with Gasteiger partial charge in [0.05, 0.1) is 17.3 Å². The van der Waals surface area contributed by atoms with Gasteiger partial charge in [-0.3, -0.25) is 4.79 Å². The number of hydrogen-bond donors (Lipinski definition) is 0. The molecule has 1 aliphatic heterocycles. The van der Waals surface area contributed by atoms with Crippen LogP contribution in [-0.2, 0) is 16.9 Å². The van der Waals surface area contributed by atoms with E-state index in [0.717, 1.165) is 22.4 Å². The summed E-state index contributed by atoms with van der Waals surface area (Å²) in [5, 5.41) is 9.23. The Morgan fingerprint density at radius 1 is 1.26 bits per heavy atom. The summed E-state index contributed by atoms with van der Waals surface area (Å²) in [6, 6.07) is 1.82. The van der Waals surface area contributed by atoms with Crippen LogP contribution in [-0.4, -0.2) is 50.8 Å². The molecule has 1 aliphatic carbocycles. The zero-order valence-electron chi connectivity index (χ0n) is 15.8. The van der Waals surface area contributed by atoms with E-state index in [0.29, 0.717) is 23.7 Å². The summed E-state index contributed by atoms with van der Waals surface area (Å²) in [7, 11) is -1.02. The molecule has 27 heavy (non-hydrogen) atoms. The molecule has 3 heterocycles. The smallest absolute Gasteiger partial charge is 0.191 e. The fraction of sp³-hybridized carbons (Fsp3) is 0.611. The quantitative estimate of drug-likeness (QED) is 0.539. The van der Waals surface area contributed by atoms with Gasteiger partial charge in [-0.2, -0.15) is 0 Å². The lowest BCUT2D eigenvalue weighted by atomic mass is 10.2. The van der Waals surface area contributed by atoms with Crippen molar-refractivity contribution in [1.82, 2.24) is 19.3 Å². The van der Waals surface area contributed by atoms with Gasteiger partial charge in [0, 0.05) is 36.0 Å². The molecule has 0 spiro atoms. The SMILES string of the molecule is Cc1cc(C(=O)CSc2nnc(C3CC3)n2C)c(C)n1[C@@H]1CCS(=O)(=O)C1. The largest absolute Gasteiger partial charge is 0.344 e. The molecule has 1 saturated heterocycles. The highest BCUT2D eigenvalue weighted by Gasteiger charge is 2.32.